The van der Waals surface area contributed by atoms with E-state index in [0.717, 1.165) is 10.9 Å². The van der Waals surface area contributed by atoms with Gasteiger partial charge in [-0.25, -0.2) is 4.79 Å². The van der Waals surface area contributed by atoms with E-state index in [2.05, 4.69) is 22.0 Å². The van der Waals surface area contributed by atoms with E-state index in [4.69, 9.17) is 4.74 Å². The van der Waals surface area contributed by atoms with Crippen LogP contribution >= 0.6 is 15.9 Å². The first-order chi connectivity index (χ1) is 9.28. The quantitative estimate of drug-likeness (QED) is 0.816. The van der Waals surface area contributed by atoms with Crippen LogP contribution < -0.4 is 4.90 Å². The number of halogens is 1. The number of amides is 1. The highest BCUT2D eigenvalue weighted by molar-refractivity contribution is 9.10. The molecule has 0 aliphatic heterocycles. The molecule has 1 amide bonds. The predicted octanol–water partition coefficient (Wildman–Crippen LogP) is 4.47. The summed E-state index contributed by atoms with van der Waals surface area (Å²) in [6, 6.07) is 7.37. The Bertz CT molecular complexity index is 530. The first kappa shape index (κ1) is 16.5. The molecule has 1 aromatic carbocycles. The smallest absolute Gasteiger partial charge is 0.414 e. The fourth-order valence-electron chi connectivity index (χ4n) is 1.68. The Labute approximate surface area is 128 Å². The van der Waals surface area contributed by atoms with Crippen LogP contribution in [0.5, 0.6) is 0 Å². The van der Waals surface area contributed by atoms with Crippen molar-refractivity contribution >= 4 is 27.7 Å². The van der Waals surface area contributed by atoms with Gasteiger partial charge in [0.1, 0.15) is 11.7 Å². The average Bonchev–Trinajstić information content (AvgIpc) is 2.34. The normalized spacial score (nSPS) is 10.8. The van der Waals surface area contributed by atoms with Gasteiger partial charge < -0.3 is 4.74 Å². The second-order valence-corrected chi connectivity index (χ2v) is 6.32. The summed E-state index contributed by atoms with van der Waals surface area (Å²) in [6.07, 6.45) is 0.346. The monoisotopic (exact) mass is 338 g/mol. The lowest BCUT2D eigenvalue weighted by molar-refractivity contribution is 0.0580. The van der Waals surface area contributed by atoms with Gasteiger partial charge in [-0.1, -0.05) is 22.9 Å². The van der Waals surface area contributed by atoms with Gasteiger partial charge in [-0.05, 0) is 45.4 Å². The molecule has 0 aromatic heterocycles. The van der Waals surface area contributed by atoms with Crippen LogP contribution in [0.3, 0.4) is 0 Å². The summed E-state index contributed by atoms with van der Waals surface area (Å²) in [5.74, 6) is 0. The molecule has 0 saturated heterocycles. The zero-order valence-electron chi connectivity index (χ0n) is 12.2. The van der Waals surface area contributed by atoms with Gasteiger partial charge in [-0.15, -0.1) is 0 Å². The summed E-state index contributed by atoms with van der Waals surface area (Å²) in [5, 5.41) is 9.22. The van der Waals surface area contributed by atoms with Crippen LogP contribution in [0.25, 0.3) is 0 Å². The first-order valence-corrected chi connectivity index (χ1v) is 7.28. The molecular formula is C15H19BrN2O2. The van der Waals surface area contributed by atoms with Crippen LogP contribution in [-0.4, -0.2) is 18.2 Å². The van der Waals surface area contributed by atoms with Crippen molar-refractivity contribution in [3.8, 4) is 6.07 Å². The number of hydrogen-bond donors (Lipinski definition) is 0. The Balaban J connectivity index is 3.15. The van der Waals surface area contributed by atoms with Gasteiger partial charge in [-0.2, -0.15) is 5.26 Å². The van der Waals surface area contributed by atoms with Crippen molar-refractivity contribution in [2.45, 2.75) is 39.7 Å². The van der Waals surface area contributed by atoms with Crippen molar-refractivity contribution in [2.75, 3.05) is 11.4 Å². The molecule has 5 heteroatoms. The largest absolute Gasteiger partial charge is 0.443 e. The number of anilines is 1. The zero-order chi connectivity index (χ0) is 15.3. The predicted molar refractivity (Wildman–Crippen MR) is 82.7 cm³/mol. The Morgan fingerprint density at radius 3 is 2.60 bits per heavy atom. The van der Waals surface area contributed by atoms with Crippen LogP contribution in [0.15, 0.2) is 22.7 Å². The Morgan fingerprint density at radius 1 is 1.45 bits per heavy atom. The Kier molecular flexibility index (Phi) is 5.58. The molecule has 1 rings (SSSR count). The van der Waals surface area contributed by atoms with Crippen molar-refractivity contribution < 1.29 is 9.53 Å². The number of carbonyl (C=O) groups excluding carboxylic acids is 1. The minimum Gasteiger partial charge on any atom is -0.443 e. The van der Waals surface area contributed by atoms with Crippen LogP contribution in [0.1, 0.15) is 39.7 Å². The molecule has 0 fully saturated rings. The van der Waals surface area contributed by atoms with Crippen LogP contribution in [-0.2, 0) is 4.74 Å². The molecule has 0 unspecified atom stereocenters. The average molecular weight is 339 g/mol. The van der Waals surface area contributed by atoms with Crippen LogP contribution in [0, 0.1) is 11.3 Å². The molecule has 0 spiro atoms. The van der Waals surface area contributed by atoms with E-state index in [0.29, 0.717) is 17.8 Å². The first-order valence-electron chi connectivity index (χ1n) is 6.48. The third-order valence-electron chi connectivity index (χ3n) is 2.43. The number of benzene rings is 1. The molecule has 0 bridgehead atoms. The van der Waals surface area contributed by atoms with Crippen molar-refractivity contribution in [3.63, 3.8) is 0 Å². The summed E-state index contributed by atoms with van der Waals surface area (Å²) in [4.78, 5) is 13.8. The number of rotatable bonds is 3. The van der Waals surface area contributed by atoms with Gasteiger partial charge in [-0.3, -0.25) is 4.90 Å². The molecular weight excluding hydrogens is 320 g/mol. The van der Waals surface area contributed by atoms with Crippen molar-refractivity contribution in [3.05, 3.63) is 28.2 Å². The summed E-state index contributed by atoms with van der Waals surface area (Å²) in [5.41, 5.74) is 0.455. The molecule has 0 N–H and O–H groups in total. The van der Waals surface area contributed by atoms with E-state index < -0.39 is 11.7 Å². The maximum absolute atomic E-state index is 12.3. The minimum absolute atomic E-state index is 0.432. The minimum atomic E-state index is -0.564. The fourth-order valence-corrected chi connectivity index (χ4v) is 2.04. The molecule has 0 saturated carbocycles. The lowest BCUT2D eigenvalue weighted by Crippen LogP contribution is -2.37. The van der Waals surface area contributed by atoms with E-state index in [-0.39, 0.29) is 0 Å². The number of nitrogens with zero attached hydrogens (tertiary/aromatic N) is 2. The molecule has 4 nitrogen and oxygen atoms in total. The van der Waals surface area contributed by atoms with Crippen LogP contribution in [0.4, 0.5) is 10.5 Å². The molecule has 1 aromatic rings. The van der Waals surface area contributed by atoms with E-state index in [1.54, 1.807) is 12.1 Å². The van der Waals surface area contributed by atoms with Gasteiger partial charge in [0.15, 0.2) is 0 Å². The van der Waals surface area contributed by atoms with Crippen molar-refractivity contribution in [1.29, 1.82) is 5.26 Å². The molecule has 108 valence electrons. The van der Waals surface area contributed by atoms with Gasteiger partial charge in [0.25, 0.3) is 0 Å². The lowest BCUT2D eigenvalue weighted by atomic mass is 10.1. The van der Waals surface area contributed by atoms with E-state index >= 15 is 0 Å². The third-order valence-corrected chi connectivity index (χ3v) is 2.92. The van der Waals surface area contributed by atoms with E-state index in [1.165, 1.54) is 4.90 Å². The highest BCUT2D eigenvalue weighted by atomic mass is 79.9. The number of carbonyl (C=O) groups is 1. The molecule has 0 aliphatic rings. The topological polar surface area (TPSA) is 53.3 Å². The van der Waals surface area contributed by atoms with Gasteiger partial charge in [0.2, 0.25) is 0 Å². The summed E-state index contributed by atoms with van der Waals surface area (Å²) < 4.78 is 6.21. The molecule has 0 radical (unpaired) electrons. The van der Waals surface area contributed by atoms with Crippen LogP contribution in [0.2, 0.25) is 0 Å². The van der Waals surface area contributed by atoms with Gasteiger partial charge >= 0.3 is 6.09 Å². The van der Waals surface area contributed by atoms with Gasteiger partial charge in [0, 0.05) is 11.0 Å². The summed E-state index contributed by atoms with van der Waals surface area (Å²) in [7, 11) is 0. The number of ether oxygens (including phenoxy) is 1. The second kappa shape index (κ2) is 6.76. The Morgan fingerprint density at radius 2 is 2.10 bits per heavy atom. The fraction of sp³-hybridized carbons (Fsp3) is 0.467. The summed E-state index contributed by atoms with van der Waals surface area (Å²) >= 11 is 3.33. The Hall–Kier alpha value is -1.54. The zero-order valence-corrected chi connectivity index (χ0v) is 13.8. The molecule has 0 heterocycles. The maximum Gasteiger partial charge on any atom is 0.414 e. The second-order valence-electron chi connectivity index (χ2n) is 5.41. The number of nitriles is 1. The standard InChI is InChI=1S/C15H19BrN2O2/c1-5-8-18(14(19)20-15(2,3)4)13-7-6-12(16)9-11(13)10-17/h6-7,9H,5,8H2,1-4H3. The third kappa shape index (κ3) is 4.53. The highest BCUT2D eigenvalue weighted by Gasteiger charge is 2.24. The van der Waals surface area contributed by atoms with Crippen molar-refractivity contribution in [2.24, 2.45) is 0 Å². The molecule has 0 aliphatic carbocycles. The molecule has 0 atom stereocenters. The van der Waals surface area contributed by atoms with E-state index in [1.807, 2.05) is 33.8 Å². The highest BCUT2D eigenvalue weighted by Crippen LogP contribution is 2.26. The summed E-state index contributed by atoms with van der Waals surface area (Å²) in [6.45, 7) is 7.94. The lowest BCUT2D eigenvalue weighted by Gasteiger charge is -2.27. The van der Waals surface area contributed by atoms with E-state index in [9.17, 15) is 10.1 Å². The van der Waals surface area contributed by atoms with Gasteiger partial charge in [0.05, 0.1) is 11.3 Å². The molecule has 20 heavy (non-hydrogen) atoms. The number of hydrogen-bond acceptors (Lipinski definition) is 3. The SMILES string of the molecule is CCCN(C(=O)OC(C)(C)C)c1ccc(Br)cc1C#N. The van der Waals surface area contributed by atoms with Crippen molar-refractivity contribution in [1.82, 2.24) is 0 Å². The maximum atomic E-state index is 12.3.